The Kier molecular flexibility index (Phi) is 6.30. The molecule has 1 unspecified atom stereocenters. The van der Waals surface area contributed by atoms with Gasteiger partial charge in [-0.1, -0.05) is 27.7 Å². The van der Waals surface area contributed by atoms with Crippen molar-refractivity contribution < 1.29 is 29.6 Å². The SMILES string of the molecule is CC(C)(C)C(=O)O[C@H]1C[C@@]2(C)[C@@H]3C[C@H](O)[C@H]4C(C)(C)[C@@H](O)CC[C@@]45CC35CC[C@]2(C)[C@H]1[C@@]1(C)CC[C@@H](C(C)(C)O)O1. The van der Waals surface area contributed by atoms with Gasteiger partial charge < -0.3 is 24.8 Å². The van der Waals surface area contributed by atoms with Crippen LogP contribution in [0.4, 0.5) is 0 Å². The summed E-state index contributed by atoms with van der Waals surface area (Å²) in [5, 5.41) is 33.8. The van der Waals surface area contributed by atoms with Crippen molar-refractivity contribution in [3.63, 3.8) is 0 Å². The molecule has 6 fully saturated rings. The summed E-state index contributed by atoms with van der Waals surface area (Å²) in [6.07, 6.45) is 6.98. The summed E-state index contributed by atoms with van der Waals surface area (Å²) in [6.45, 7) is 20.9. The zero-order valence-electron chi connectivity index (χ0n) is 27.5. The summed E-state index contributed by atoms with van der Waals surface area (Å²) in [5.74, 6) is 0.299. The van der Waals surface area contributed by atoms with Crippen LogP contribution in [0.5, 0.6) is 0 Å². The third-order valence-corrected chi connectivity index (χ3v) is 14.6. The molecule has 1 saturated heterocycles. The molecule has 12 atom stereocenters. The number of esters is 1. The van der Waals surface area contributed by atoms with E-state index in [0.29, 0.717) is 5.92 Å². The van der Waals surface area contributed by atoms with Gasteiger partial charge >= 0.3 is 5.97 Å². The van der Waals surface area contributed by atoms with Crippen LogP contribution in [0.3, 0.4) is 0 Å². The fourth-order valence-electron chi connectivity index (χ4n) is 12.5. The van der Waals surface area contributed by atoms with Gasteiger partial charge in [0.1, 0.15) is 6.10 Å². The Morgan fingerprint density at radius 1 is 0.854 bits per heavy atom. The van der Waals surface area contributed by atoms with Crippen LogP contribution in [-0.2, 0) is 14.3 Å². The topological polar surface area (TPSA) is 96.2 Å². The molecular formula is C35H58O6. The van der Waals surface area contributed by atoms with Crippen LogP contribution in [-0.4, -0.2) is 56.9 Å². The number of ether oxygens (including phenoxy) is 2. The second-order valence-corrected chi connectivity index (χ2v) is 18.5. The lowest BCUT2D eigenvalue weighted by Crippen LogP contribution is -2.62. The van der Waals surface area contributed by atoms with Gasteiger partial charge in [-0.2, -0.15) is 0 Å². The minimum absolute atomic E-state index is 0.00480. The van der Waals surface area contributed by atoms with Gasteiger partial charge in [0.05, 0.1) is 34.9 Å². The fourth-order valence-corrected chi connectivity index (χ4v) is 12.5. The second-order valence-electron chi connectivity index (χ2n) is 18.5. The minimum Gasteiger partial charge on any atom is -0.462 e. The number of rotatable bonds is 3. The third-order valence-electron chi connectivity index (χ3n) is 14.6. The lowest BCUT2D eigenvalue weighted by atomic mass is 9.41. The molecule has 0 bridgehead atoms. The number of fused-ring (bicyclic) bond motifs is 2. The number of carbonyl (C=O) groups is 1. The van der Waals surface area contributed by atoms with E-state index >= 15 is 0 Å². The van der Waals surface area contributed by atoms with Gasteiger partial charge in [0, 0.05) is 5.92 Å². The fraction of sp³-hybridized carbons (Fsp3) is 0.971. The molecule has 6 heteroatoms. The first-order valence-corrected chi connectivity index (χ1v) is 16.6. The van der Waals surface area contributed by atoms with Crippen LogP contribution < -0.4 is 0 Å². The standard InChI is InChI=1S/C35H58O6/c1-28(2,3)27(38)40-21-18-32(9)22-17-20(36)25-29(4,5)23(37)11-14-35(25)19-34(22,35)16-15-31(32,8)26(21)33(10)13-12-24(41-33)30(6,7)39/h20-26,36-37,39H,11-19H2,1-10H3/t20-,21-,22-,23-,24-,25-,26-,31+,32-,33+,34?,35+/m0/s1. The molecule has 1 aliphatic heterocycles. The van der Waals surface area contributed by atoms with Crippen molar-refractivity contribution >= 4 is 5.97 Å². The van der Waals surface area contributed by atoms with E-state index in [9.17, 15) is 20.1 Å². The molecule has 2 spiro atoms. The molecule has 1 heterocycles. The molecule has 41 heavy (non-hydrogen) atoms. The summed E-state index contributed by atoms with van der Waals surface area (Å²) >= 11 is 0. The first-order valence-electron chi connectivity index (χ1n) is 16.6. The molecule has 0 aromatic heterocycles. The zero-order chi connectivity index (χ0) is 30.4. The molecule has 5 saturated carbocycles. The Balaban J connectivity index is 1.41. The van der Waals surface area contributed by atoms with Gasteiger partial charge in [0.25, 0.3) is 0 Å². The van der Waals surface area contributed by atoms with Crippen LogP contribution in [0.1, 0.15) is 127 Å². The second kappa shape index (κ2) is 8.52. The number of aliphatic hydroxyl groups is 3. The largest absolute Gasteiger partial charge is 0.462 e. The van der Waals surface area contributed by atoms with Crippen LogP contribution in [0, 0.1) is 50.2 Å². The van der Waals surface area contributed by atoms with Crippen molar-refractivity contribution in [3.05, 3.63) is 0 Å². The van der Waals surface area contributed by atoms with E-state index in [4.69, 9.17) is 9.47 Å². The summed E-state index contributed by atoms with van der Waals surface area (Å²) in [7, 11) is 0. The molecule has 234 valence electrons. The van der Waals surface area contributed by atoms with E-state index in [1.165, 1.54) is 0 Å². The maximum Gasteiger partial charge on any atom is 0.311 e. The number of aliphatic hydroxyl groups excluding tert-OH is 2. The molecule has 6 rings (SSSR count). The van der Waals surface area contributed by atoms with E-state index in [-0.39, 0.29) is 63.2 Å². The molecule has 0 aromatic rings. The Morgan fingerprint density at radius 3 is 2.10 bits per heavy atom. The molecule has 0 amide bonds. The van der Waals surface area contributed by atoms with E-state index in [1.807, 2.05) is 34.6 Å². The Bertz CT molecular complexity index is 1100. The highest BCUT2D eigenvalue weighted by Crippen LogP contribution is 2.89. The minimum atomic E-state index is -0.935. The molecule has 0 radical (unpaired) electrons. The molecule has 0 aromatic carbocycles. The predicted octanol–water partition coefficient (Wildman–Crippen LogP) is 6.03. The van der Waals surface area contributed by atoms with Crippen molar-refractivity contribution in [1.29, 1.82) is 0 Å². The summed E-state index contributed by atoms with van der Waals surface area (Å²) in [4.78, 5) is 13.5. The van der Waals surface area contributed by atoms with Crippen molar-refractivity contribution in [1.82, 2.24) is 0 Å². The van der Waals surface area contributed by atoms with Crippen molar-refractivity contribution in [2.45, 2.75) is 163 Å². The highest BCUT2D eigenvalue weighted by atomic mass is 16.6. The average Bonchev–Trinajstić information content (AvgIpc) is 3.17. The Labute approximate surface area is 248 Å². The molecule has 5 aliphatic carbocycles. The number of carbonyl (C=O) groups excluding carboxylic acids is 1. The zero-order valence-corrected chi connectivity index (χ0v) is 27.5. The van der Waals surface area contributed by atoms with Crippen molar-refractivity contribution in [3.8, 4) is 0 Å². The van der Waals surface area contributed by atoms with Crippen molar-refractivity contribution in [2.75, 3.05) is 0 Å². The first-order chi connectivity index (χ1) is 18.6. The average molecular weight is 575 g/mol. The maximum atomic E-state index is 13.5. The van der Waals surface area contributed by atoms with Crippen LogP contribution in [0.25, 0.3) is 0 Å². The van der Waals surface area contributed by atoms with Gasteiger partial charge in [0.15, 0.2) is 0 Å². The first kappa shape index (κ1) is 30.3. The Hall–Kier alpha value is -0.690. The smallest absolute Gasteiger partial charge is 0.311 e. The molecule has 3 N–H and O–H groups in total. The van der Waals surface area contributed by atoms with E-state index in [0.717, 1.165) is 57.8 Å². The molecule has 6 nitrogen and oxygen atoms in total. The third kappa shape index (κ3) is 3.78. The summed E-state index contributed by atoms with van der Waals surface area (Å²) < 4.78 is 13.4. The lowest BCUT2D eigenvalue weighted by molar-refractivity contribution is -0.214. The normalized spacial score (nSPS) is 54.0. The quantitative estimate of drug-likeness (QED) is 0.356. The monoisotopic (exact) mass is 574 g/mol. The van der Waals surface area contributed by atoms with E-state index in [2.05, 4.69) is 34.6 Å². The highest BCUT2D eigenvalue weighted by Gasteiger charge is 2.85. The van der Waals surface area contributed by atoms with Gasteiger partial charge in [-0.05, 0) is 138 Å². The van der Waals surface area contributed by atoms with Crippen LogP contribution >= 0.6 is 0 Å². The van der Waals surface area contributed by atoms with Crippen LogP contribution in [0.2, 0.25) is 0 Å². The lowest BCUT2D eigenvalue weighted by Gasteiger charge is -2.64. The van der Waals surface area contributed by atoms with Gasteiger partial charge in [-0.25, -0.2) is 0 Å². The molecular weight excluding hydrogens is 516 g/mol. The summed E-state index contributed by atoms with van der Waals surface area (Å²) in [5.41, 5.74) is -2.34. The Morgan fingerprint density at radius 2 is 1.51 bits per heavy atom. The predicted molar refractivity (Wildman–Crippen MR) is 158 cm³/mol. The maximum absolute atomic E-state index is 13.5. The van der Waals surface area contributed by atoms with Gasteiger partial charge in [-0.3, -0.25) is 4.79 Å². The summed E-state index contributed by atoms with van der Waals surface area (Å²) in [6, 6.07) is 0. The van der Waals surface area contributed by atoms with Crippen molar-refractivity contribution in [2.24, 2.45) is 50.2 Å². The van der Waals surface area contributed by atoms with Crippen LogP contribution in [0.15, 0.2) is 0 Å². The van der Waals surface area contributed by atoms with E-state index < -0.39 is 22.7 Å². The number of hydrogen-bond donors (Lipinski definition) is 3. The molecule has 6 aliphatic rings. The van der Waals surface area contributed by atoms with Gasteiger partial charge in [0.2, 0.25) is 0 Å². The number of hydrogen-bond acceptors (Lipinski definition) is 6. The highest BCUT2D eigenvalue weighted by molar-refractivity contribution is 5.75. The van der Waals surface area contributed by atoms with E-state index in [1.54, 1.807) is 0 Å². The van der Waals surface area contributed by atoms with Gasteiger partial charge in [-0.15, -0.1) is 0 Å².